The quantitative estimate of drug-likeness (QED) is 0.901. The molecule has 0 aromatic carbocycles. The van der Waals surface area contributed by atoms with Gasteiger partial charge in [-0.25, -0.2) is 4.98 Å². The molecule has 1 fully saturated rings. The van der Waals surface area contributed by atoms with Gasteiger partial charge in [-0.05, 0) is 32.6 Å². The van der Waals surface area contributed by atoms with Crippen molar-refractivity contribution in [2.75, 3.05) is 6.54 Å². The molecule has 1 aromatic heterocycles. The Balaban J connectivity index is 1.60. The number of rotatable bonds is 4. The predicted molar refractivity (Wildman–Crippen MR) is 70.6 cm³/mol. The van der Waals surface area contributed by atoms with Crippen LogP contribution < -0.4 is 5.32 Å². The zero-order chi connectivity index (χ0) is 13.4. The molecule has 0 bridgehead atoms. The molecule has 19 heavy (non-hydrogen) atoms. The molecule has 1 saturated carbocycles. The Kier molecular flexibility index (Phi) is 3.31. The summed E-state index contributed by atoms with van der Waals surface area (Å²) in [6.45, 7) is 6.61. The lowest BCUT2D eigenvalue weighted by atomic mass is 9.85. The normalized spacial score (nSPS) is 19.5. The largest absolute Gasteiger partial charge is 0.436 e. The zero-order valence-corrected chi connectivity index (χ0v) is 11.6. The molecule has 1 aliphatic heterocycles. The van der Waals surface area contributed by atoms with Crippen LogP contribution in [0, 0.1) is 5.92 Å². The van der Waals surface area contributed by atoms with Gasteiger partial charge in [-0.3, -0.25) is 9.69 Å². The standard InChI is InChI=1S/C14H21N3O2/c1-9(2)15-13(18)14-16-11-7-17(8-12(11)19-14)6-10-4-3-5-10/h9-10H,3-8H2,1-2H3,(H,15,18). The minimum Gasteiger partial charge on any atom is -0.436 e. The molecule has 2 heterocycles. The van der Waals surface area contributed by atoms with Crippen molar-refractivity contribution in [2.45, 2.75) is 52.2 Å². The molecule has 3 rings (SSSR count). The van der Waals surface area contributed by atoms with E-state index in [-0.39, 0.29) is 17.8 Å². The molecular formula is C14H21N3O2. The first-order chi connectivity index (χ1) is 9.11. The van der Waals surface area contributed by atoms with Gasteiger partial charge in [0, 0.05) is 19.1 Å². The van der Waals surface area contributed by atoms with Crippen molar-refractivity contribution in [3.8, 4) is 0 Å². The minimum absolute atomic E-state index is 0.101. The summed E-state index contributed by atoms with van der Waals surface area (Å²) in [7, 11) is 0. The molecule has 0 spiro atoms. The van der Waals surface area contributed by atoms with Gasteiger partial charge in [0.15, 0.2) is 0 Å². The second-order valence-corrected chi connectivity index (χ2v) is 5.98. The number of carbonyl (C=O) groups is 1. The van der Waals surface area contributed by atoms with Crippen molar-refractivity contribution >= 4 is 5.91 Å². The zero-order valence-electron chi connectivity index (χ0n) is 11.6. The Bertz CT molecular complexity index is 454. The van der Waals surface area contributed by atoms with Gasteiger partial charge in [0.1, 0.15) is 5.76 Å². The summed E-state index contributed by atoms with van der Waals surface area (Å²) in [6.07, 6.45) is 4.08. The van der Waals surface area contributed by atoms with Gasteiger partial charge in [-0.1, -0.05) is 6.42 Å². The van der Waals surface area contributed by atoms with Gasteiger partial charge in [-0.15, -0.1) is 0 Å². The summed E-state index contributed by atoms with van der Waals surface area (Å²) in [5, 5.41) is 2.80. The topological polar surface area (TPSA) is 58.4 Å². The lowest BCUT2D eigenvalue weighted by molar-refractivity contribution is 0.0902. The van der Waals surface area contributed by atoms with E-state index in [1.807, 2.05) is 13.8 Å². The van der Waals surface area contributed by atoms with Gasteiger partial charge < -0.3 is 9.73 Å². The minimum atomic E-state index is -0.213. The summed E-state index contributed by atoms with van der Waals surface area (Å²) in [5.41, 5.74) is 0.938. The molecule has 5 nitrogen and oxygen atoms in total. The third kappa shape index (κ3) is 2.66. The molecule has 1 aliphatic carbocycles. The Morgan fingerprint density at radius 2 is 2.26 bits per heavy atom. The first kappa shape index (κ1) is 12.7. The summed E-state index contributed by atoms with van der Waals surface area (Å²) >= 11 is 0. The van der Waals surface area contributed by atoms with E-state index in [4.69, 9.17) is 4.42 Å². The van der Waals surface area contributed by atoms with Crippen LogP contribution in [0.5, 0.6) is 0 Å². The third-order valence-electron chi connectivity index (χ3n) is 3.87. The third-order valence-corrected chi connectivity index (χ3v) is 3.87. The highest BCUT2D eigenvalue weighted by atomic mass is 16.4. The fourth-order valence-electron chi connectivity index (χ4n) is 2.69. The second-order valence-electron chi connectivity index (χ2n) is 5.98. The van der Waals surface area contributed by atoms with Gasteiger partial charge in [0.25, 0.3) is 5.89 Å². The highest BCUT2D eigenvalue weighted by Gasteiger charge is 2.30. The first-order valence-electron chi connectivity index (χ1n) is 7.13. The maximum Gasteiger partial charge on any atom is 0.307 e. The Morgan fingerprint density at radius 3 is 2.84 bits per heavy atom. The number of nitrogens with one attached hydrogen (secondary N) is 1. The number of carbonyl (C=O) groups excluding carboxylic acids is 1. The van der Waals surface area contributed by atoms with E-state index < -0.39 is 0 Å². The molecular weight excluding hydrogens is 242 g/mol. The van der Waals surface area contributed by atoms with Crippen LogP contribution in [0.2, 0.25) is 0 Å². The fourth-order valence-corrected chi connectivity index (χ4v) is 2.69. The van der Waals surface area contributed by atoms with Crippen molar-refractivity contribution in [3.05, 3.63) is 17.3 Å². The number of fused-ring (bicyclic) bond motifs is 1. The summed E-state index contributed by atoms with van der Waals surface area (Å²) in [5.74, 6) is 1.72. The number of amides is 1. The highest BCUT2D eigenvalue weighted by Crippen LogP contribution is 2.31. The number of aromatic nitrogens is 1. The van der Waals surface area contributed by atoms with Gasteiger partial charge in [0.2, 0.25) is 0 Å². The Morgan fingerprint density at radius 1 is 1.47 bits per heavy atom. The predicted octanol–water partition coefficient (Wildman–Crippen LogP) is 1.93. The average molecular weight is 263 g/mol. The smallest absolute Gasteiger partial charge is 0.307 e. The molecule has 0 unspecified atom stereocenters. The summed E-state index contributed by atoms with van der Waals surface area (Å²) < 4.78 is 5.59. The van der Waals surface area contributed by atoms with E-state index in [1.54, 1.807) is 0 Å². The van der Waals surface area contributed by atoms with Crippen LogP contribution in [-0.2, 0) is 13.1 Å². The lowest BCUT2D eigenvalue weighted by Crippen LogP contribution is -2.31. The van der Waals surface area contributed by atoms with E-state index in [0.29, 0.717) is 0 Å². The monoisotopic (exact) mass is 263 g/mol. The fraction of sp³-hybridized carbons (Fsp3) is 0.714. The number of oxazole rings is 1. The molecule has 104 valence electrons. The highest BCUT2D eigenvalue weighted by molar-refractivity contribution is 5.89. The van der Waals surface area contributed by atoms with Crippen molar-refractivity contribution in [2.24, 2.45) is 5.92 Å². The maximum absolute atomic E-state index is 11.8. The summed E-state index contributed by atoms with van der Waals surface area (Å²) in [6, 6.07) is 0.101. The van der Waals surface area contributed by atoms with Crippen LogP contribution in [0.15, 0.2) is 4.42 Å². The molecule has 5 heteroatoms. The molecule has 1 amide bonds. The van der Waals surface area contributed by atoms with Gasteiger partial charge in [0.05, 0.1) is 12.2 Å². The van der Waals surface area contributed by atoms with E-state index in [0.717, 1.165) is 37.0 Å². The molecule has 0 atom stereocenters. The van der Waals surface area contributed by atoms with E-state index >= 15 is 0 Å². The Labute approximate surface area is 113 Å². The van der Waals surface area contributed by atoms with Crippen molar-refractivity contribution < 1.29 is 9.21 Å². The first-order valence-corrected chi connectivity index (χ1v) is 7.13. The lowest BCUT2D eigenvalue weighted by Gasteiger charge is -2.29. The molecule has 1 N–H and O–H groups in total. The number of nitrogens with zero attached hydrogens (tertiary/aromatic N) is 2. The van der Waals surface area contributed by atoms with Crippen molar-refractivity contribution in [1.82, 2.24) is 15.2 Å². The van der Waals surface area contributed by atoms with Gasteiger partial charge in [-0.2, -0.15) is 0 Å². The second kappa shape index (κ2) is 4.96. The van der Waals surface area contributed by atoms with Crippen LogP contribution in [0.3, 0.4) is 0 Å². The molecule has 0 radical (unpaired) electrons. The van der Waals surface area contributed by atoms with Crippen LogP contribution in [0.1, 0.15) is 55.2 Å². The van der Waals surface area contributed by atoms with Crippen LogP contribution in [0.4, 0.5) is 0 Å². The molecule has 1 aromatic rings. The van der Waals surface area contributed by atoms with Crippen LogP contribution in [-0.4, -0.2) is 28.4 Å². The maximum atomic E-state index is 11.8. The molecule has 2 aliphatic rings. The van der Waals surface area contributed by atoms with Crippen molar-refractivity contribution in [1.29, 1.82) is 0 Å². The van der Waals surface area contributed by atoms with Crippen LogP contribution >= 0.6 is 0 Å². The Hall–Kier alpha value is -1.36. The van der Waals surface area contributed by atoms with Crippen LogP contribution in [0.25, 0.3) is 0 Å². The van der Waals surface area contributed by atoms with E-state index in [2.05, 4.69) is 15.2 Å². The van der Waals surface area contributed by atoms with Crippen molar-refractivity contribution in [3.63, 3.8) is 0 Å². The number of hydrogen-bond donors (Lipinski definition) is 1. The average Bonchev–Trinajstić information content (AvgIpc) is 2.79. The number of hydrogen-bond acceptors (Lipinski definition) is 4. The summed E-state index contributed by atoms with van der Waals surface area (Å²) in [4.78, 5) is 18.5. The molecule has 0 saturated heterocycles. The van der Waals surface area contributed by atoms with E-state index in [9.17, 15) is 4.79 Å². The van der Waals surface area contributed by atoms with E-state index in [1.165, 1.54) is 19.3 Å². The van der Waals surface area contributed by atoms with Gasteiger partial charge >= 0.3 is 5.91 Å². The SMILES string of the molecule is CC(C)NC(=O)c1nc2c(o1)CN(CC1CCC1)C2.